The van der Waals surface area contributed by atoms with Crippen molar-refractivity contribution >= 4 is 0 Å². The largest absolute Gasteiger partial charge is 0.366 e. The Morgan fingerprint density at radius 2 is 1.77 bits per heavy atom. The first kappa shape index (κ1) is 11.0. The van der Waals surface area contributed by atoms with Crippen molar-refractivity contribution in [1.82, 2.24) is 9.80 Å². The Hall–Kier alpha value is -0.120. The van der Waals surface area contributed by atoms with Gasteiger partial charge in [-0.2, -0.15) is 0 Å². The molecule has 0 unspecified atom stereocenters. The molecular formula is C10H22N2O. The van der Waals surface area contributed by atoms with Crippen molar-refractivity contribution in [3.8, 4) is 0 Å². The van der Waals surface area contributed by atoms with Crippen LogP contribution in [0, 0.1) is 0 Å². The Labute approximate surface area is 81.7 Å². The summed E-state index contributed by atoms with van der Waals surface area (Å²) >= 11 is 0. The fourth-order valence-electron chi connectivity index (χ4n) is 1.63. The number of hydrogen-bond acceptors (Lipinski definition) is 3. The molecule has 0 aromatic heterocycles. The summed E-state index contributed by atoms with van der Waals surface area (Å²) in [5, 5.41) is 0. The third-order valence-electron chi connectivity index (χ3n) is 2.62. The van der Waals surface area contributed by atoms with Crippen molar-refractivity contribution in [3.63, 3.8) is 0 Å². The summed E-state index contributed by atoms with van der Waals surface area (Å²) in [5.41, 5.74) is 0. The predicted octanol–water partition coefficient (Wildman–Crippen LogP) is 1.01. The Morgan fingerprint density at radius 3 is 2.23 bits per heavy atom. The van der Waals surface area contributed by atoms with Gasteiger partial charge in [-0.1, -0.05) is 0 Å². The second kappa shape index (κ2) is 5.58. The number of hydrogen-bond donors (Lipinski definition) is 0. The van der Waals surface area contributed by atoms with Gasteiger partial charge in [0.25, 0.3) is 0 Å². The Bertz CT molecular complexity index is 131. The minimum atomic E-state index is 0.689. The summed E-state index contributed by atoms with van der Waals surface area (Å²) in [6.07, 6.45) is 0. The van der Waals surface area contributed by atoms with Crippen molar-refractivity contribution in [2.75, 3.05) is 39.5 Å². The van der Waals surface area contributed by atoms with Crippen LogP contribution in [0.25, 0.3) is 0 Å². The molecule has 1 fully saturated rings. The molecule has 0 bridgehead atoms. The summed E-state index contributed by atoms with van der Waals surface area (Å²) in [7, 11) is 0. The predicted molar refractivity (Wildman–Crippen MR) is 54.8 cm³/mol. The van der Waals surface area contributed by atoms with E-state index >= 15 is 0 Å². The average Bonchev–Trinajstić information content (AvgIpc) is 2.15. The lowest BCUT2D eigenvalue weighted by atomic mass is 10.2. The van der Waals surface area contributed by atoms with Gasteiger partial charge < -0.3 is 4.74 Å². The third-order valence-corrected chi connectivity index (χ3v) is 2.62. The highest BCUT2D eigenvalue weighted by molar-refractivity contribution is 4.72. The highest BCUT2D eigenvalue weighted by Crippen LogP contribution is 2.05. The lowest BCUT2D eigenvalue weighted by molar-refractivity contribution is 0.00174. The van der Waals surface area contributed by atoms with Crippen LogP contribution in [0.2, 0.25) is 0 Å². The summed E-state index contributed by atoms with van der Waals surface area (Å²) < 4.78 is 5.38. The molecule has 0 aromatic carbocycles. The molecule has 0 atom stereocenters. The molecule has 1 aliphatic rings. The Morgan fingerprint density at radius 1 is 1.15 bits per heavy atom. The van der Waals surface area contributed by atoms with E-state index < -0.39 is 0 Å². The van der Waals surface area contributed by atoms with E-state index in [0.717, 1.165) is 26.4 Å². The van der Waals surface area contributed by atoms with Gasteiger partial charge in [0, 0.05) is 38.8 Å². The monoisotopic (exact) mass is 186 g/mol. The SMILES string of the molecule is CCOCN1CCN(C(C)C)CC1. The maximum atomic E-state index is 5.38. The van der Waals surface area contributed by atoms with Crippen LogP contribution < -0.4 is 0 Å². The van der Waals surface area contributed by atoms with E-state index in [1.165, 1.54) is 13.1 Å². The molecular weight excluding hydrogens is 164 g/mol. The van der Waals surface area contributed by atoms with Crippen LogP contribution in [0.4, 0.5) is 0 Å². The minimum absolute atomic E-state index is 0.689. The maximum absolute atomic E-state index is 5.38. The van der Waals surface area contributed by atoms with E-state index in [2.05, 4.69) is 23.6 Å². The molecule has 1 saturated heterocycles. The minimum Gasteiger partial charge on any atom is -0.366 e. The molecule has 1 rings (SSSR count). The van der Waals surface area contributed by atoms with E-state index in [1.807, 2.05) is 6.92 Å². The summed E-state index contributed by atoms with van der Waals surface area (Å²) in [6, 6.07) is 0.689. The topological polar surface area (TPSA) is 15.7 Å². The van der Waals surface area contributed by atoms with E-state index in [9.17, 15) is 0 Å². The van der Waals surface area contributed by atoms with Gasteiger partial charge >= 0.3 is 0 Å². The fraction of sp³-hybridized carbons (Fsp3) is 1.00. The molecule has 0 N–H and O–H groups in total. The summed E-state index contributed by atoms with van der Waals surface area (Å²) in [5.74, 6) is 0. The lowest BCUT2D eigenvalue weighted by Gasteiger charge is -2.36. The zero-order chi connectivity index (χ0) is 9.68. The molecule has 0 radical (unpaired) electrons. The molecule has 3 heteroatoms. The zero-order valence-electron chi connectivity index (χ0n) is 9.12. The van der Waals surface area contributed by atoms with Crippen LogP contribution in [-0.4, -0.2) is 55.4 Å². The van der Waals surface area contributed by atoms with Gasteiger partial charge in [-0.15, -0.1) is 0 Å². The van der Waals surface area contributed by atoms with Gasteiger partial charge in [-0.05, 0) is 20.8 Å². The first-order valence-electron chi connectivity index (χ1n) is 5.28. The van der Waals surface area contributed by atoms with Crippen molar-refractivity contribution in [2.24, 2.45) is 0 Å². The van der Waals surface area contributed by atoms with Crippen molar-refractivity contribution in [1.29, 1.82) is 0 Å². The standard InChI is InChI=1S/C10H22N2O/c1-4-13-9-11-5-7-12(8-6-11)10(2)3/h10H,4-9H2,1-3H3. The van der Waals surface area contributed by atoms with Gasteiger partial charge in [-0.3, -0.25) is 9.80 Å². The van der Waals surface area contributed by atoms with Gasteiger partial charge in [0.05, 0.1) is 6.73 Å². The van der Waals surface area contributed by atoms with E-state index in [1.54, 1.807) is 0 Å². The van der Waals surface area contributed by atoms with Crippen molar-refractivity contribution in [3.05, 3.63) is 0 Å². The normalized spacial score (nSPS) is 21.2. The number of rotatable bonds is 4. The van der Waals surface area contributed by atoms with Crippen molar-refractivity contribution < 1.29 is 4.74 Å². The molecule has 1 heterocycles. The van der Waals surface area contributed by atoms with E-state index in [0.29, 0.717) is 6.04 Å². The second-order valence-electron chi connectivity index (χ2n) is 3.87. The maximum Gasteiger partial charge on any atom is 0.0990 e. The van der Waals surface area contributed by atoms with Crippen LogP contribution in [0.15, 0.2) is 0 Å². The first-order chi connectivity index (χ1) is 6.24. The van der Waals surface area contributed by atoms with Gasteiger partial charge in [-0.25, -0.2) is 0 Å². The van der Waals surface area contributed by atoms with Crippen molar-refractivity contribution in [2.45, 2.75) is 26.8 Å². The number of ether oxygens (including phenoxy) is 1. The molecule has 0 saturated carbocycles. The zero-order valence-corrected chi connectivity index (χ0v) is 9.12. The van der Waals surface area contributed by atoms with Crippen LogP contribution in [0.1, 0.15) is 20.8 Å². The van der Waals surface area contributed by atoms with Gasteiger partial charge in [0.2, 0.25) is 0 Å². The highest BCUT2D eigenvalue weighted by Gasteiger charge is 2.17. The van der Waals surface area contributed by atoms with Gasteiger partial charge in [0.1, 0.15) is 0 Å². The molecule has 3 nitrogen and oxygen atoms in total. The molecule has 78 valence electrons. The summed E-state index contributed by atoms with van der Waals surface area (Å²) in [6.45, 7) is 12.9. The molecule has 1 aliphatic heterocycles. The Kier molecular flexibility index (Phi) is 4.70. The quantitative estimate of drug-likeness (QED) is 0.651. The average molecular weight is 186 g/mol. The summed E-state index contributed by atoms with van der Waals surface area (Å²) in [4.78, 5) is 4.89. The highest BCUT2D eigenvalue weighted by atomic mass is 16.5. The van der Waals surface area contributed by atoms with Gasteiger partial charge in [0.15, 0.2) is 0 Å². The van der Waals surface area contributed by atoms with Crippen LogP contribution in [0.5, 0.6) is 0 Å². The fourth-order valence-corrected chi connectivity index (χ4v) is 1.63. The number of piperazine rings is 1. The molecule has 0 amide bonds. The molecule has 0 spiro atoms. The Balaban J connectivity index is 2.15. The smallest absolute Gasteiger partial charge is 0.0990 e. The molecule has 0 aliphatic carbocycles. The molecule has 0 aromatic rings. The second-order valence-corrected chi connectivity index (χ2v) is 3.87. The lowest BCUT2D eigenvalue weighted by Crippen LogP contribution is -2.49. The van der Waals surface area contributed by atoms with Crippen LogP contribution >= 0.6 is 0 Å². The first-order valence-corrected chi connectivity index (χ1v) is 5.28. The van der Waals surface area contributed by atoms with Crippen LogP contribution in [-0.2, 0) is 4.74 Å². The third kappa shape index (κ3) is 3.63. The number of nitrogens with zero attached hydrogens (tertiary/aromatic N) is 2. The van der Waals surface area contributed by atoms with Crippen LogP contribution in [0.3, 0.4) is 0 Å². The molecule has 13 heavy (non-hydrogen) atoms. The van der Waals surface area contributed by atoms with E-state index in [-0.39, 0.29) is 0 Å². The van der Waals surface area contributed by atoms with E-state index in [4.69, 9.17) is 4.74 Å².